The zero-order chi connectivity index (χ0) is 14.5. The second-order valence-corrected chi connectivity index (χ2v) is 6.66. The van der Waals surface area contributed by atoms with Crippen LogP contribution in [0.1, 0.15) is 36.0 Å². The van der Waals surface area contributed by atoms with Crippen molar-refractivity contribution in [2.24, 2.45) is 0 Å². The quantitative estimate of drug-likeness (QED) is 0.821. The van der Waals surface area contributed by atoms with E-state index < -0.39 is 0 Å². The number of nitrogens with zero attached hydrogens (tertiary/aromatic N) is 2. The van der Waals surface area contributed by atoms with Gasteiger partial charge in [-0.2, -0.15) is 0 Å². The fourth-order valence-corrected chi connectivity index (χ4v) is 3.00. The Bertz CT molecular complexity index is 438. The largest absolute Gasteiger partial charge is 0.334 e. The Kier molecular flexibility index (Phi) is 5.61. The van der Waals surface area contributed by atoms with Crippen molar-refractivity contribution in [3.05, 3.63) is 34.3 Å². The molecule has 110 valence electrons. The molecule has 4 heteroatoms. The summed E-state index contributed by atoms with van der Waals surface area (Å²) >= 11 is 3.42. The second kappa shape index (κ2) is 7.23. The van der Waals surface area contributed by atoms with Crippen LogP contribution in [0.2, 0.25) is 0 Å². The maximum absolute atomic E-state index is 12.7. The average molecular weight is 339 g/mol. The molecule has 0 saturated heterocycles. The van der Waals surface area contributed by atoms with Crippen molar-refractivity contribution in [1.29, 1.82) is 0 Å². The van der Waals surface area contributed by atoms with Crippen LogP contribution < -0.4 is 0 Å². The van der Waals surface area contributed by atoms with Crippen molar-refractivity contribution in [1.82, 2.24) is 9.80 Å². The van der Waals surface area contributed by atoms with Gasteiger partial charge in [0.15, 0.2) is 0 Å². The highest BCUT2D eigenvalue weighted by atomic mass is 79.9. The molecular weight excluding hydrogens is 316 g/mol. The van der Waals surface area contributed by atoms with Crippen molar-refractivity contribution in [3.8, 4) is 0 Å². The van der Waals surface area contributed by atoms with E-state index in [1.54, 1.807) is 0 Å². The molecule has 1 aliphatic carbocycles. The van der Waals surface area contributed by atoms with Gasteiger partial charge in [-0.15, -0.1) is 0 Å². The Morgan fingerprint density at radius 1 is 1.15 bits per heavy atom. The summed E-state index contributed by atoms with van der Waals surface area (Å²) in [5, 5.41) is 0. The molecule has 0 bridgehead atoms. The molecule has 0 aromatic heterocycles. The van der Waals surface area contributed by atoms with E-state index in [4.69, 9.17) is 0 Å². The predicted molar refractivity (Wildman–Crippen MR) is 86.0 cm³/mol. The average Bonchev–Trinajstić information content (AvgIpc) is 2.93. The third-order valence-electron chi connectivity index (χ3n) is 3.91. The Morgan fingerprint density at radius 3 is 2.30 bits per heavy atom. The van der Waals surface area contributed by atoms with E-state index in [0.717, 1.165) is 36.0 Å². The molecule has 20 heavy (non-hydrogen) atoms. The van der Waals surface area contributed by atoms with Crippen molar-refractivity contribution >= 4 is 21.8 Å². The van der Waals surface area contributed by atoms with Crippen molar-refractivity contribution < 1.29 is 4.79 Å². The van der Waals surface area contributed by atoms with E-state index in [1.165, 1.54) is 12.8 Å². The SMILES string of the molecule is CN(C)CCN(C(=O)c1ccc(Br)cc1)C1CCCC1. The number of hydrogen-bond donors (Lipinski definition) is 0. The van der Waals surface area contributed by atoms with Crippen LogP contribution in [0.4, 0.5) is 0 Å². The van der Waals surface area contributed by atoms with Gasteiger partial charge in [-0.25, -0.2) is 0 Å². The minimum atomic E-state index is 0.172. The Hall–Kier alpha value is -0.870. The minimum Gasteiger partial charge on any atom is -0.334 e. The number of benzene rings is 1. The van der Waals surface area contributed by atoms with E-state index in [1.807, 2.05) is 24.3 Å². The van der Waals surface area contributed by atoms with Crippen LogP contribution in [0.3, 0.4) is 0 Å². The lowest BCUT2D eigenvalue weighted by Gasteiger charge is -2.30. The summed E-state index contributed by atoms with van der Waals surface area (Å²) in [5.74, 6) is 0.172. The normalized spacial score (nSPS) is 15.8. The molecule has 1 fully saturated rings. The molecule has 0 atom stereocenters. The van der Waals surface area contributed by atoms with Gasteiger partial charge in [0.2, 0.25) is 0 Å². The number of amides is 1. The van der Waals surface area contributed by atoms with E-state index in [-0.39, 0.29) is 5.91 Å². The monoisotopic (exact) mass is 338 g/mol. The summed E-state index contributed by atoms with van der Waals surface area (Å²) in [6, 6.07) is 8.11. The molecule has 1 aromatic rings. The molecule has 3 nitrogen and oxygen atoms in total. The first-order valence-corrected chi connectivity index (χ1v) is 8.08. The molecule has 0 unspecified atom stereocenters. The summed E-state index contributed by atoms with van der Waals surface area (Å²) in [6.07, 6.45) is 4.79. The molecule has 0 N–H and O–H groups in total. The zero-order valence-electron chi connectivity index (χ0n) is 12.3. The van der Waals surface area contributed by atoms with Crippen LogP contribution >= 0.6 is 15.9 Å². The Morgan fingerprint density at radius 2 is 1.75 bits per heavy atom. The molecule has 0 aliphatic heterocycles. The first kappa shape index (κ1) is 15.5. The molecule has 0 heterocycles. The predicted octanol–water partition coefficient (Wildman–Crippen LogP) is 3.40. The van der Waals surface area contributed by atoms with Crippen LogP contribution in [-0.2, 0) is 0 Å². The fraction of sp³-hybridized carbons (Fsp3) is 0.562. The van der Waals surface area contributed by atoms with Gasteiger partial charge in [-0.05, 0) is 51.2 Å². The van der Waals surface area contributed by atoms with Crippen LogP contribution in [0, 0.1) is 0 Å². The fourth-order valence-electron chi connectivity index (χ4n) is 2.73. The van der Waals surface area contributed by atoms with E-state index in [0.29, 0.717) is 6.04 Å². The zero-order valence-corrected chi connectivity index (χ0v) is 13.9. The summed E-state index contributed by atoms with van der Waals surface area (Å²) in [6.45, 7) is 1.73. The van der Waals surface area contributed by atoms with Crippen molar-refractivity contribution in [2.75, 3.05) is 27.2 Å². The van der Waals surface area contributed by atoms with Gasteiger partial charge < -0.3 is 9.80 Å². The van der Waals surface area contributed by atoms with Gasteiger partial charge in [-0.3, -0.25) is 4.79 Å². The number of carbonyl (C=O) groups is 1. The van der Waals surface area contributed by atoms with E-state index >= 15 is 0 Å². The van der Waals surface area contributed by atoms with Gasteiger partial charge >= 0.3 is 0 Å². The van der Waals surface area contributed by atoms with Gasteiger partial charge in [0, 0.05) is 29.2 Å². The van der Waals surface area contributed by atoms with Gasteiger partial charge in [0.25, 0.3) is 5.91 Å². The number of likely N-dealkylation sites (N-methyl/N-ethyl adjacent to an activating group) is 1. The number of rotatable bonds is 5. The van der Waals surface area contributed by atoms with Gasteiger partial charge in [-0.1, -0.05) is 28.8 Å². The molecule has 1 saturated carbocycles. The summed E-state index contributed by atoms with van der Waals surface area (Å²) in [7, 11) is 4.11. The highest BCUT2D eigenvalue weighted by molar-refractivity contribution is 9.10. The molecule has 2 rings (SSSR count). The van der Waals surface area contributed by atoms with Crippen LogP contribution in [0.25, 0.3) is 0 Å². The topological polar surface area (TPSA) is 23.6 Å². The Labute approximate surface area is 130 Å². The van der Waals surface area contributed by atoms with Crippen LogP contribution in [-0.4, -0.2) is 48.9 Å². The standard InChI is InChI=1S/C16H23BrN2O/c1-18(2)11-12-19(15-5-3-4-6-15)16(20)13-7-9-14(17)10-8-13/h7-10,15H,3-6,11-12H2,1-2H3. The number of hydrogen-bond acceptors (Lipinski definition) is 2. The first-order valence-electron chi connectivity index (χ1n) is 7.29. The highest BCUT2D eigenvalue weighted by Gasteiger charge is 2.27. The summed E-state index contributed by atoms with van der Waals surface area (Å²) < 4.78 is 1.01. The second-order valence-electron chi connectivity index (χ2n) is 5.75. The highest BCUT2D eigenvalue weighted by Crippen LogP contribution is 2.25. The van der Waals surface area contributed by atoms with E-state index in [2.05, 4.69) is 39.8 Å². The lowest BCUT2D eigenvalue weighted by atomic mass is 10.1. The smallest absolute Gasteiger partial charge is 0.254 e. The maximum atomic E-state index is 12.7. The van der Waals surface area contributed by atoms with Crippen molar-refractivity contribution in [2.45, 2.75) is 31.7 Å². The third kappa shape index (κ3) is 4.06. The van der Waals surface area contributed by atoms with Crippen LogP contribution in [0.5, 0.6) is 0 Å². The lowest BCUT2D eigenvalue weighted by Crippen LogP contribution is -2.42. The third-order valence-corrected chi connectivity index (χ3v) is 4.43. The lowest BCUT2D eigenvalue weighted by molar-refractivity contribution is 0.0667. The van der Waals surface area contributed by atoms with Gasteiger partial charge in [0.1, 0.15) is 0 Å². The van der Waals surface area contributed by atoms with Crippen LogP contribution in [0.15, 0.2) is 28.7 Å². The molecular formula is C16H23BrN2O. The molecule has 1 amide bonds. The molecule has 0 radical (unpaired) electrons. The minimum absolute atomic E-state index is 0.172. The molecule has 0 spiro atoms. The molecule has 1 aromatic carbocycles. The Balaban J connectivity index is 2.11. The maximum Gasteiger partial charge on any atom is 0.254 e. The number of carbonyl (C=O) groups excluding carboxylic acids is 1. The number of halogens is 1. The first-order chi connectivity index (χ1) is 9.58. The summed E-state index contributed by atoms with van der Waals surface area (Å²) in [5.41, 5.74) is 0.791. The van der Waals surface area contributed by atoms with Crippen molar-refractivity contribution in [3.63, 3.8) is 0 Å². The van der Waals surface area contributed by atoms with E-state index in [9.17, 15) is 4.79 Å². The summed E-state index contributed by atoms with van der Waals surface area (Å²) in [4.78, 5) is 17.0. The molecule has 1 aliphatic rings. The van der Waals surface area contributed by atoms with Gasteiger partial charge in [0.05, 0.1) is 0 Å².